The van der Waals surface area contributed by atoms with Crippen molar-refractivity contribution in [3.8, 4) is 11.5 Å². The van der Waals surface area contributed by atoms with Gasteiger partial charge in [-0.2, -0.15) is 0 Å². The summed E-state index contributed by atoms with van der Waals surface area (Å²) in [6.07, 6.45) is 1.79. The smallest absolute Gasteiger partial charge is 0.165 e. The van der Waals surface area contributed by atoms with Crippen molar-refractivity contribution in [1.82, 2.24) is 5.32 Å². The molecule has 2 N–H and O–H groups in total. The van der Waals surface area contributed by atoms with E-state index in [1.54, 1.807) is 14.2 Å². The molecule has 0 bridgehead atoms. The molecular formula is C13H20BrNO3. The third-order valence-corrected chi connectivity index (χ3v) is 3.06. The van der Waals surface area contributed by atoms with Crippen molar-refractivity contribution < 1.29 is 14.6 Å². The Bertz CT molecular complexity index is 371. The van der Waals surface area contributed by atoms with Gasteiger partial charge < -0.3 is 19.9 Å². The average Bonchev–Trinajstić information content (AvgIpc) is 2.37. The highest BCUT2D eigenvalue weighted by Gasteiger charge is 2.11. The fourth-order valence-corrected chi connectivity index (χ4v) is 2.21. The van der Waals surface area contributed by atoms with Crippen LogP contribution in [0.5, 0.6) is 11.5 Å². The zero-order chi connectivity index (χ0) is 13.4. The number of unbranched alkanes of at least 4 members (excludes halogenated alkanes) is 1. The first-order chi connectivity index (χ1) is 8.72. The maximum Gasteiger partial charge on any atom is 0.165 e. The van der Waals surface area contributed by atoms with E-state index in [1.165, 1.54) is 0 Å². The summed E-state index contributed by atoms with van der Waals surface area (Å²) < 4.78 is 11.6. The van der Waals surface area contributed by atoms with E-state index in [1.807, 2.05) is 12.1 Å². The minimum absolute atomic E-state index is 0.246. The molecule has 18 heavy (non-hydrogen) atoms. The Morgan fingerprint density at radius 3 is 2.61 bits per heavy atom. The van der Waals surface area contributed by atoms with Gasteiger partial charge in [-0.25, -0.2) is 0 Å². The van der Waals surface area contributed by atoms with E-state index in [2.05, 4.69) is 21.2 Å². The normalized spacial score (nSPS) is 10.4. The molecule has 0 aliphatic carbocycles. The molecule has 1 aromatic carbocycles. The Balaban J connectivity index is 2.65. The second kappa shape index (κ2) is 8.34. The number of hydrogen-bond donors (Lipinski definition) is 2. The number of benzene rings is 1. The highest BCUT2D eigenvalue weighted by Crippen LogP contribution is 2.34. The molecule has 0 amide bonds. The zero-order valence-electron chi connectivity index (χ0n) is 10.8. The van der Waals surface area contributed by atoms with Gasteiger partial charge in [-0.05, 0) is 31.5 Å². The van der Waals surface area contributed by atoms with Gasteiger partial charge in [0.05, 0.1) is 14.2 Å². The topological polar surface area (TPSA) is 50.7 Å². The van der Waals surface area contributed by atoms with Crippen LogP contribution in [0, 0.1) is 0 Å². The molecule has 0 saturated heterocycles. The van der Waals surface area contributed by atoms with Crippen LogP contribution >= 0.6 is 15.9 Å². The number of nitrogens with one attached hydrogen (secondary N) is 1. The van der Waals surface area contributed by atoms with Gasteiger partial charge in [0.15, 0.2) is 11.5 Å². The van der Waals surface area contributed by atoms with E-state index >= 15 is 0 Å². The first-order valence-corrected chi connectivity index (χ1v) is 6.74. The summed E-state index contributed by atoms with van der Waals surface area (Å²) in [5.41, 5.74) is 1.05. The number of rotatable bonds is 8. The lowest BCUT2D eigenvalue weighted by molar-refractivity contribution is 0.283. The molecule has 4 nitrogen and oxygen atoms in total. The molecule has 0 saturated carbocycles. The lowest BCUT2D eigenvalue weighted by Crippen LogP contribution is -2.15. The second-order valence-corrected chi connectivity index (χ2v) is 4.82. The van der Waals surface area contributed by atoms with E-state index in [0.29, 0.717) is 6.54 Å². The van der Waals surface area contributed by atoms with Crippen LogP contribution in [0.15, 0.2) is 16.6 Å². The van der Waals surface area contributed by atoms with Gasteiger partial charge in [-0.15, -0.1) is 0 Å². The molecule has 102 valence electrons. The second-order valence-electron chi connectivity index (χ2n) is 3.91. The number of ether oxygens (including phenoxy) is 2. The van der Waals surface area contributed by atoms with Crippen molar-refractivity contribution in [3.63, 3.8) is 0 Å². The third-order valence-electron chi connectivity index (χ3n) is 2.60. The van der Waals surface area contributed by atoms with Crippen LogP contribution in [0.4, 0.5) is 0 Å². The Morgan fingerprint density at radius 2 is 2.00 bits per heavy atom. The van der Waals surface area contributed by atoms with Gasteiger partial charge in [0, 0.05) is 23.2 Å². The van der Waals surface area contributed by atoms with E-state index in [-0.39, 0.29) is 6.61 Å². The standard InChI is InChI=1S/C13H20BrNO3/c1-17-12-8-11(14)7-10(13(12)18-2)9-15-5-3-4-6-16/h7-8,15-16H,3-6,9H2,1-2H3. The molecule has 0 aliphatic heterocycles. The molecular weight excluding hydrogens is 298 g/mol. The van der Waals surface area contributed by atoms with Crippen LogP contribution < -0.4 is 14.8 Å². The minimum atomic E-state index is 0.246. The fourth-order valence-electron chi connectivity index (χ4n) is 1.72. The van der Waals surface area contributed by atoms with Crippen molar-refractivity contribution in [2.24, 2.45) is 0 Å². The summed E-state index contributed by atoms with van der Waals surface area (Å²) in [7, 11) is 3.27. The van der Waals surface area contributed by atoms with Crippen LogP contribution in [0.3, 0.4) is 0 Å². The van der Waals surface area contributed by atoms with Gasteiger partial charge >= 0.3 is 0 Å². The molecule has 0 aromatic heterocycles. The van der Waals surface area contributed by atoms with Gasteiger partial charge in [0.25, 0.3) is 0 Å². The van der Waals surface area contributed by atoms with Gasteiger partial charge in [0.1, 0.15) is 0 Å². The molecule has 0 atom stereocenters. The van der Waals surface area contributed by atoms with Crippen molar-refractivity contribution >= 4 is 15.9 Å². The first kappa shape index (κ1) is 15.3. The largest absolute Gasteiger partial charge is 0.493 e. The number of methoxy groups -OCH3 is 2. The van der Waals surface area contributed by atoms with Crippen LogP contribution in [0.1, 0.15) is 18.4 Å². The maximum absolute atomic E-state index is 8.70. The number of aliphatic hydroxyl groups excluding tert-OH is 1. The highest BCUT2D eigenvalue weighted by molar-refractivity contribution is 9.10. The SMILES string of the molecule is COc1cc(Br)cc(CNCCCCO)c1OC. The van der Waals surface area contributed by atoms with Crippen molar-refractivity contribution in [2.45, 2.75) is 19.4 Å². The van der Waals surface area contributed by atoms with Crippen LogP contribution in [-0.4, -0.2) is 32.5 Å². The molecule has 1 rings (SSSR count). The minimum Gasteiger partial charge on any atom is -0.493 e. The fraction of sp³-hybridized carbons (Fsp3) is 0.538. The van der Waals surface area contributed by atoms with Gasteiger partial charge in [-0.3, -0.25) is 0 Å². The third kappa shape index (κ3) is 4.48. The lowest BCUT2D eigenvalue weighted by Gasteiger charge is -2.14. The molecule has 1 aromatic rings. The lowest BCUT2D eigenvalue weighted by atomic mass is 10.2. The molecule has 0 unspecified atom stereocenters. The van der Waals surface area contributed by atoms with Gasteiger partial charge in [-0.1, -0.05) is 15.9 Å². The van der Waals surface area contributed by atoms with E-state index in [4.69, 9.17) is 14.6 Å². The molecule has 5 heteroatoms. The number of hydrogen-bond acceptors (Lipinski definition) is 4. The van der Waals surface area contributed by atoms with Crippen LogP contribution in [0.25, 0.3) is 0 Å². The molecule has 0 aliphatic rings. The molecule has 0 radical (unpaired) electrons. The van der Waals surface area contributed by atoms with Crippen LogP contribution in [-0.2, 0) is 6.54 Å². The summed E-state index contributed by atoms with van der Waals surface area (Å²) in [5.74, 6) is 1.48. The molecule has 0 heterocycles. The highest BCUT2D eigenvalue weighted by atomic mass is 79.9. The summed E-state index contributed by atoms with van der Waals surface area (Å²) in [5, 5.41) is 12.0. The van der Waals surface area contributed by atoms with E-state index in [0.717, 1.165) is 40.9 Å². The zero-order valence-corrected chi connectivity index (χ0v) is 12.4. The van der Waals surface area contributed by atoms with Crippen molar-refractivity contribution in [2.75, 3.05) is 27.4 Å². The summed E-state index contributed by atoms with van der Waals surface area (Å²) in [4.78, 5) is 0. The number of halogens is 1. The Kier molecular flexibility index (Phi) is 7.08. The van der Waals surface area contributed by atoms with Crippen molar-refractivity contribution in [3.05, 3.63) is 22.2 Å². The average molecular weight is 318 g/mol. The van der Waals surface area contributed by atoms with Crippen LogP contribution in [0.2, 0.25) is 0 Å². The summed E-state index contributed by atoms with van der Waals surface area (Å²) in [6.45, 7) is 1.83. The Labute approximate surface area is 116 Å². The monoisotopic (exact) mass is 317 g/mol. The Hall–Kier alpha value is -0.780. The predicted molar refractivity (Wildman–Crippen MR) is 75.3 cm³/mol. The summed E-state index contributed by atoms with van der Waals surface area (Å²) >= 11 is 3.45. The van der Waals surface area contributed by atoms with E-state index < -0.39 is 0 Å². The van der Waals surface area contributed by atoms with Gasteiger partial charge in [0.2, 0.25) is 0 Å². The number of aliphatic hydroxyl groups is 1. The maximum atomic E-state index is 8.70. The quantitative estimate of drug-likeness (QED) is 0.723. The molecule has 0 fully saturated rings. The molecule has 0 spiro atoms. The summed E-state index contributed by atoms with van der Waals surface area (Å²) in [6, 6.07) is 3.90. The van der Waals surface area contributed by atoms with Crippen molar-refractivity contribution in [1.29, 1.82) is 0 Å². The first-order valence-electron chi connectivity index (χ1n) is 5.95. The van der Waals surface area contributed by atoms with E-state index in [9.17, 15) is 0 Å². The Morgan fingerprint density at radius 1 is 1.22 bits per heavy atom. The predicted octanol–water partition coefficient (Wildman–Crippen LogP) is 2.33.